The summed E-state index contributed by atoms with van der Waals surface area (Å²) in [6.07, 6.45) is 1.74. The molecule has 1 saturated heterocycles. The summed E-state index contributed by atoms with van der Waals surface area (Å²) in [6.45, 7) is 5.13. The quantitative estimate of drug-likeness (QED) is 0.706. The maximum Gasteiger partial charge on any atom is 0.265 e. The molecule has 2 aliphatic rings. The molecule has 0 spiro atoms. The number of nitrogens with two attached hydrogens (primary N) is 1. The van der Waals surface area contributed by atoms with Crippen LogP contribution in [0.1, 0.15) is 44.7 Å². The standard InChI is InChI=1S/C19H27N3O4.ClH/c1-3-15-18(23)22-14-5-4-13(10-16(14)26-15)11(2)21-19(24)17(20)12-6-8-25-9-7-12;/h4-5,10-12,15,17H,3,6-9,20H2,1-2H3,(H,21,24)(H,22,23);1H. The van der Waals surface area contributed by atoms with Crippen LogP contribution in [-0.2, 0) is 14.3 Å². The Kier molecular flexibility index (Phi) is 7.47. The van der Waals surface area contributed by atoms with Gasteiger partial charge in [-0.15, -0.1) is 12.4 Å². The summed E-state index contributed by atoms with van der Waals surface area (Å²) in [5.41, 5.74) is 7.70. The third-order valence-electron chi connectivity index (χ3n) is 5.13. The molecule has 7 nitrogen and oxygen atoms in total. The van der Waals surface area contributed by atoms with E-state index in [4.69, 9.17) is 15.2 Å². The number of nitrogens with one attached hydrogen (secondary N) is 2. The minimum Gasteiger partial charge on any atom is -0.478 e. The van der Waals surface area contributed by atoms with Gasteiger partial charge in [-0.25, -0.2) is 0 Å². The van der Waals surface area contributed by atoms with Crippen LogP contribution in [0.5, 0.6) is 5.75 Å². The monoisotopic (exact) mass is 397 g/mol. The number of hydrogen-bond acceptors (Lipinski definition) is 5. The highest BCUT2D eigenvalue weighted by Crippen LogP contribution is 2.33. The van der Waals surface area contributed by atoms with Gasteiger partial charge >= 0.3 is 0 Å². The Morgan fingerprint density at radius 2 is 2.07 bits per heavy atom. The number of amides is 2. The minimum atomic E-state index is -0.529. The Morgan fingerprint density at radius 3 is 2.74 bits per heavy atom. The Labute approximate surface area is 165 Å². The zero-order chi connectivity index (χ0) is 18.7. The summed E-state index contributed by atoms with van der Waals surface area (Å²) in [7, 11) is 0. The first kappa shape index (κ1) is 21.5. The predicted molar refractivity (Wildman–Crippen MR) is 105 cm³/mol. The fraction of sp³-hybridized carbons (Fsp3) is 0.579. The van der Waals surface area contributed by atoms with Crippen LogP contribution in [0.15, 0.2) is 18.2 Å². The largest absolute Gasteiger partial charge is 0.478 e. The molecule has 0 saturated carbocycles. The van der Waals surface area contributed by atoms with Crippen molar-refractivity contribution in [2.75, 3.05) is 18.5 Å². The van der Waals surface area contributed by atoms with Gasteiger partial charge in [0, 0.05) is 13.2 Å². The Balaban J connectivity index is 0.00000261. The van der Waals surface area contributed by atoms with Gasteiger partial charge in [0.1, 0.15) is 5.75 Å². The third kappa shape index (κ3) is 4.91. The lowest BCUT2D eigenvalue weighted by molar-refractivity contribution is -0.125. The molecule has 0 aromatic heterocycles. The lowest BCUT2D eigenvalue weighted by atomic mass is 9.91. The number of hydrogen-bond donors (Lipinski definition) is 3. The van der Waals surface area contributed by atoms with Crippen LogP contribution in [0.3, 0.4) is 0 Å². The molecule has 3 unspecified atom stereocenters. The molecule has 150 valence electrons. The second-order valence-electron chi connectivity index (χ2n) is 6.97. The first-order valence-electron chi connectivity index (χ1n) is 9.24. The van der Waals surface area contributed by atoms with Gasteiger partial charge < -0.3 is 25.8 Å². The van der Waals surface area contributed by atoms with E-state index >= 15 is 0 Å². The third-order valence-corrected chi connectivity index (χ3v) is 5.13. The van der Waals surface area contributed by atoms with Gasteiger partial charge in [-0.1, -0.05) is 13.0 Å². The maximum absolute atomic E-state index is 12.5. The summed E-state index contributed by atoms with van der Waals surface area (Å²) < 4.78 is 11.1. The smallest absolute Gasteiger partial charge is 0.265 e. The molecule has 3 atom stereocenters. The van der Waals surface area contributed by atoms with Crippen molar-refractivity contribution in [1.82, 2.24) is 5.32 Å². The number of halogens is 1. The fourth-order valence-corrected chi connectivity index (χ4v) is 3.38. The first-order valence-corrected chi connectivity index (χ1v) is 9.24. The van der Waals surface area contributed by atoms with Crippen molar-refractivity contribution >= 4 is 29.9 Å². The number of carbonyl (C=O) groups is 2. The lowest BCUT2D eigenvalue weighted by Crippen LogP contribution is -2.47. The lowest BCUT2D eigenvalue weighted by Gasteiger charge is -2.28. The van der Waals surface area contributed by atoms with E-state index in [9.17, 15) is 9.59 Å². The molecule has 3 rings (SSSR count). The molecule has 2 aliphatic heterocycles. The summed E-state index contributed by atoms with van der Waals surface area (Å²) in [5.74, 6) is 0.506. The summed E-state index contributed by atoms with van der Waals surface area (Å²) in [6, 6.07) is 4.80. The van der Waals surface area contributed by atoms with Crippen LogP contribution in [0.4, 0.5) is 5.69 Å². The Hall–Kier alpha value is -1.83. The highest BCUT2D eigenvalue weighted by Gasteiger charge is 2.29. The highest BCUT2D eigenvalue weighted by atomic mass is 35.5. The zero-order valence-electron chi connectivity index (χ0n) is 15.7. The van der Waals surface area contributed by atoms with E-state index in [2.05, 4.69) is 10.6 Å². The molecule has 4 N–H and O–H groups in total. The average molecular weight is 398 g/mol. The van der Waals surface area contributed by atoms with Gasteiger partial charge in [0.25, 0.3) is 5.91 Å². The molecule has 0 aliphatic carbocycles. The van der Waals surface area contributed by atoms with Crippen LogP contribution >= 0.6 is 12.4 Å². The van der Waals surface area contributed by atoms with E-state index in [0.29, 0.717) is 31.1 Å². The molecule has 1 aromatic rings. The normalized spacial score (nSPS) is 21.7. The molecule has 2 amide bonds. The minimum absolute atomic E-state index is 0. The zero-order valence-corrected chi connectivity index (χ0v) is 16.5. The van der Waals surface area contributed by atoms with Gasteiger partial charge in [0.05, 0.1) is 17.8 Å². The van der Waals surface area contributed by atoms with Crippen LogP contribution < -0.4 is 21.1 Å². The van der Waals surface area contributed by atoms with Crippen molar-refractivity contribution < 1.29 is 19.1 Å². The topological polar surface area (TPSA) is 103 Å². The average Bonchev–Trinajstić information content (AvgIpc) is 2.67. The number of carbonyl (C=O) groups excluding carboxylic acids is 2. The van der Waals surface area contributed by atoms with Crippen molar-refractivity contribution in [3.63, 3.8) is 0 Å². The molecular weight excluding hydrogens is 370 g/mol. The number of benzene rings is 1. The SMILES string of the molecule is CCC1Oc2cc(C(C)NC(=O)C(N)C3CCOCC3)ccc2NC1=O.Cl. The summed E-state index contributed by atoms with van der Waals surface area (Å²) in [4.78, 5) is 24.4. The number of rotatable bonds is 5. The predicted octanol–water partition coefficient (Wildman–Crippen LogP) is 2.15. The molecule has 0 radical (unpaired) electrons. The molecule has 2 heterocycles. The van der Waals surface area contributed by atoms with Crippen molar-refractivity contribution in [3.05, 3.63) is 23.8 Å². The number of anilines is 1. The van der Waals surface area contributed by atoms with Crippen LogP contribution in [0.25, 0.3) is 0 Å². The van der Waals surface area contributed by atoms with E-state index < -0.39 is 12.1 Å². The van der Waals surface area contributed by atoms with Gasteiger partial charge in [0.2, 0.25) is 5.91 Å². The molecule has 0 bridgehead atoms. The Morgan fingerprint density at radius 1 is 1.37 bits per heavy atom. The Bertz CT molecular complexity index is 679. The van der Waals surface area contributed by atoms with Gasteiger partial charge in [-0.3, -0.25) is 9.59 Å². The molecule has 1 fully saturated rings. The summed E-state index contributed by atoms with van der Waals surface area (Å²) >= 11 is 0. The van der Waals surface area contributed by atoms with E-state index in [1.54, 1.807) is 6.07 Å². The van der Waals surface area contributed by atoms with E-state index in [1.165, 1.54) is 0 Å². The molecule has 8 heteroatoms. The van der Waals surface area contributed by atoms with E-state index in [0.717, 1.165) is 18.4 Å². The van der Waals surface area contributed by atoms with Crippen molar-refractivity contribution in [3.8, 4) is 5.75 Å². The first-order chi connectivity index (χ1) is 12.5. The maximum atomic E-state index is 12.5. The van der Waals surface area contributed by atoms with Crippen LogP contribution in [0.2, 0.25) is 0 Å². The molecule has 27 heavy (non-hydrogen) atoms. The number of ether oxygens (including phenoxy) is 2. The van der Waals surface area contributed by atoms with Crippen molar-refractivity contribution in [2.24, 2.45) is 11.7 Å². The summed E-state index contributed by atoms with van der Waals surface area (Å²) in [5, 5.41) is 5.83. The molecule has 1 aromatic carbocycles. The van der Waals surface area contributed by atoms with E-state index in [-0.39, 0.29) is 36.2 Å². The van der Waals surface area contributed by atoms with Gasteiger partial charge in [-0.2, -0.15) is 0 Å². The fourth-order valence-electron chi connectivity index (χ4n) is 3.38. The highest BCUT2D eigenvalue weighted by molar-refractivity contribution is 5.97. The van der Waals surface area contributed by atoms with Crippen molar-refractivity contribution in [2.45, 2.75) is 51.3 Å². The molecular formula is C19H28ClN3O4. The van der Waals surface area contributed by atoms with Crippen molar-refractivity contribution in [1.29, 1.82) is 0 Å². The van der Waals surface area contributed by atoms with Crippen LogP contribution in [0, 0.1) is 5.92 Å². The number of fused-ring (bicyclic) bond motifs is 1. The van der Waals surface area contributed by atoms with Gasteiger partial charge in [-0.05, 0) is 49.8 Å². The van der Waals surface area contributed by atoms with Crippen LogP contribution in [-0.4, -0.2) is 37.2 Å². The second-order valence-corrected chi connectivity index (χ2v) is 6.97. The van der Waals surface area contributed by atoms with E-state index in [1.807, 2.05) is 26.0 Å². The second kappa shape index (κ2) is 9.39. The van der Waals surface area contributed by atoms with Gasteiger partial charge in [0.15, 0.2) is 6.10 Å².